The van der Waals surface area contributed by atoms with Gasteiger partial charge in [-0.05, 0) is 12.3 Å². The van der Waals surface area contributed by atoms with Crippen LogP contribution in [0.4, 0.5) is 0 Å². The minimum Gasteiger partial charge on any atom is -0.382 e. The molecule has 0 radical (unpaired) electrons. The molecule has 1 saturated carbocycles. The molecule has 2 unspecified atom stereocenters. The summed E-state index contributed by atoms with van der Waals surface area (Å²) < 4.78 is 0. The molecule has 1 amide bonds. The summed E-state index contributed by atoms with van der Waals surface area (Å²) in [6.07, 6.45) is 5.28. The number of amides is 1. The molecule has 0 aromatic rings. The van der Waals surface area contributed by atoms with Gasteiger partial charge >= 0.3 is 0 Å². The van der Waals surface area contributed by atoms with Crippen LogP contribution in [-0.2, 0) is 4.79 Å². The maximum absolute atomic E-state index is 10.9. The van der Waals surface area contributed by atoms with Crippen molar-refractivity contribution in [1.82, 2.24) is 5.48 Å². The van der Waals surface area contributed by atoms with Crippen molar-refractivity contribution in [2.45, 2.75) is 50.7 Å². The normalized spacial score (nSPS) is 22.1. The predicted molar refractivity (Wildman–Crippen MR) is 55.1 cm³/mol. The Labute approximate surface area is 89.6 Å². The smallest absolute Gasteiger partial charge is 0.273 e. The highest BCUT2D eigenvalue weighted by Crippen LogP contribution is 2.27. The van der Waals surface area contributed by atoms with Gasteiger partial charge in [-0.1, -0.05) is 32.1 Å². The second kappa shape index (κ2) is 6.05. The Balaban J connectivity index is 2.32. The van der Waals surface area contributed by atoms with Crippen molar-refractivity contribution in [2.24, 2.45) is 11.7 Å². The topological polar surface area (TPSA) is 95.6 Å². The molecular weight excluding hydrogens is 196 g/mol. The van der Waals surface area contributed by atoms with Crippen LogP contribution in [0.25, 0.3) is 0 Å². The summed E-state index contributed by atoms with van der Waals surface area (Å²) in [5.74, 6) is -0.312. The minimum atomic E-state index is -1.31. The average molecular weight is 216 g/mol. The Kier molecular flexibility index (Phi) is 5.01. The van der Waals surface area contributed by atoms with Crippen LogP contribution in [0.1, 0.15) is 38.5 Å². The van der Waals surface area contributed by atoms with Crippen molar-refractivity contribution in [2.75, 3.05) is 0 Å². The second-order valence-electron chi connectivity index (χ2n) is 4.32. The van der Waals surface area contributed by atoms with E-state index in [9.17, 15) is 9.90 Å². The molecule has 15 heavy (non-hydrogen) atoms. The van der Waals surface area contributed by atoms with Crippen LogP contribution < -0.4 is 11.2 Å². The van der Waals surface area contributed by atoms with Crippen molar-refractivity contribution in [1.29, 1.82) is 0 Å². The molecule has 0 bridgehead atoms. The number of hydroxylamine groups is 1. The first-order valence-electron chi connectivity index (χ1n) is 5.52. The van der Waals surface area contributed by atoms with E-state index >= 15 is 0 Å². The number of aliphatic hydroxyl groups is 1. The van der Waals surface area contributed by atoms with Crippen LogP contribution in [0.3, 0.4) is 0 Å². The Morgan fingerprint density at radius 1 is 1.40 bits per heavy atom. The van der Waals surface area contributed by atoms with Crippen LogP contribution in [-0.4, -0.2) is 28.4 Å². The van der Waals surface area contributed by atoms with Crippen LogP contribution >= 0.6 is 0 Å². The fourth-order valence-electron chi connectivity index (χ4n) is 2.20. The first kappa shape index (κ1) is 12.4. The predicted octanol–water partition coefficient (Wildman–Crippen LogP) is 0.150. The highest BCUT2D eigenvalue weighted by atomic mass is 16.5. The summed E-state index contributed by atoms with van der Waals surface area (Å²) in [5.41, 5.74) is 7.12. The third-order valence-electron chi connectivity index (χ3n) is 3.11. The highest BCUT2D eigenvalue weighted by Gasteiger charge is 2.26. The maximum Gasteiger partial charge on any atom is 0.273 e. The van der Waals surface area contributed by atoms with E-state index in [0.717, 1.165) is 12.8 Å². The average Bonchev–Trinajstić information content (AvgIpc) is 2.28. The largest absolute Gasteiger partial charge is 0.382 e. The lowest BCUT2D eigenvalue weighted by molar-refractivity contribution is -0.139. The number of aliphatic hydroxyl groups excluding tert-OH is 1. The molecule has 2 atom stereocenters. The summed E-state index contributed by atoms with van der Waals surface area (Å²) in [6, 6.07) is -0.583. The SMILES string of the molecule is NC(CC1CCCCC1)C(O)C(=O)NO. The lowest BCUT2D eigenvalue weighted by atomic mass is 9.84. The standard InChI is InChI=1S/C10H20N2O3/c11-8(9(13)10(14)12-15)6-7-4-2-1-3-5-7/h7-9,13,15H,1-6,11H2,(H,12,14). The van der Waals surface area contributed by atoms with Gasteiger partial charge in [-0.25, -0.2) is 5.48 Å². The van der Waals surface area contributed by atoms with Crippen molar-refractivity contribution in [3.05, 3.63) is 0 Å². The molecule has 88 valence electrons. The van der Waals surface area contributed by atoms with Gasteiger partial charge in [0.1, 0.15) is 6.10 Å². The summed E-state index contributed by atoms with van der Waals surface area (Å²) in [5, 5.41) is 17.8. The van der Waals surface area contributed by atoms with Crippen LogP contribution in [0, 0.1) is 5.92 Å². The Hall–Kier alpha value is -0.650. The number of carbonyl (C=O) groups excluding carboxylic acids is 1. The number of carbonyl (C=O) groups is 1. The maximum atomic E-state index is 10.9. The first-order valence-corrected chi connectivity index (χ1v) is 5.52. The molecular formula is C10H20N2O3. The fourth-order valence-corrected chi connectivity index (χ4v) is 2.20. The van der Waals surface area contributed by atoms with Crippen LogP contribution in [0.5, 0.6) is 0 Å². The van der Waals surface area contributed by atoms with Gasteiger partial charge in [0.15, 0.2) is 0 Å². The number of nitrogens with two attached hydrogens (primary N) is 1. The van der Waals surface area contributed by atoms with Gasteiger partial charge in [0.25, 0.3) is 5.91 Å². The number of hydrogen-bond acceptors (Lipinski definition) is 4. The van der Waals surface area contributed by atoms with Crippen molar-refractivity contribution >= 4 is 5.91 Å². The van der Waals surface area contributed by atoms with Gasteiger partial charge in [-0.2, -0.15) is 0 Å². The van der Waals surface area contributed by atoms with Gasteiger partial charge in [-0.3, -0.25) is 10.0 Å². The molecule has 0 heterocycles. The van der Waals surface area contributed by atoms with E-state index in [1.165, 1.54) is 24.7 Å². The molecule has 5 N–H and O–H groups in total. The number of rotatable bonds is 4. The molecule has 5 nitrogen and oxygen atoms in total. The quantitative estimate of drug-likeness (QED) is 0.397. The molecule has 0 spiro atoms. The van der Waals surface area contributed by atoms with Gasteiger partial charge in [0.05, 0.1) is 0 Å². The third kappa shape index (κ3) is 3.77. The Morgan fingerprint density at radius 2 is 2.00 bits per heavy atom. The molecule has 0 aliphatic heterocycles. The van der Waals surface area contributed by atoms with E-state index in [1.54, 1.807) is 0 Å². The molecule has 1 fully saturated rings. The molecule has 1 aliphatic carbocycles. The lowest BCUT2D eigenvalue weighted by Crippen LogP contribution is -2.46. The van der Waals surface area contributed by atoms with E-state index in [1.807, 2.05) is 0 Å². The van der Waals surface area contributed by atoms with Gasteiger partial charge in [0.2, 0.25) is 0 Å². The van der Waals surface area contributed by atoms with Gasteiger partial charge in [0, 0.05) is 6.04 Å². The zero-order chi connectivity index (χ0) is 11.3. The van der Waals surface area contributed by atoms with Crippen LogP contribution in [0.2, 0.25) is 0 Å². The van der Waals surface area contributed by atoms with Gasteiger partial charge in [-0.15, -0.1) is 0 Å². The number of nitrogens with one attached hydrogen (secondary N) is 1. The second-order valence-corrected chi connectivity index (χ2v) is 4.32. The summed E-state index contributed by atoms with van der Waals surface area (Å²) in [7, 11) is 0. The molecule has 5 heteroatoms. The molecule has 0 aromatic heterocycles. The number of hydrogen-bond donors (Lipinski definition) is 4. The summed E-state index contributed by atoms with van der Waals surface area (Å²) in [6.45, 7) is 0. The van der Waals surface area contributed by atoms with Crippen molar-refractivity contribution < 1.29 is 15.1 Å². The molecule has 0 aromatic carbocycles. The zero-order valence-electron chi connectivity index (χ0n) is 8.85. The van der Waals surface area contributed by atoms with Crippen LogP contribution in [0.15, 0.2) is 0 Å². The zero-order valence-corrected chi connectivity index (χ0v) is 8.85. The lowest BCUT2D eigenvalue weighted by Gasteiger charge is -2.26. The molecule has 1 aliphatic rings. The summed E-state index contributed by atoms with van der Waals surface area (Å²) >= 11 is 0. The van der Waals surface area contributed by atoms with E-state index in [4.69, 9.17) is 10.9 Å². The van der Waals surface area contributed by atoms with Gasteiger partial charge < -0.3 is 10.8 Å². The Morgan fingerprint density at radius 3 is 2.53 bits per heavy atom. The third-order valence-corrected chi connectivity index (χ3v) is 3.11. The monoisotopic (exact) mass is 216 g/mol. The minimum absolute atomic E-state index is 0.509. The first-order chi connectivity index (χ1) is 7.15. The summed E-state index contributed by atoms with van der Waals surface area (Å²) in [4.78, 5) is 10.9. The molecule has 0 saturated heterocycles. The fraction of sp³-hybridized carbons (Fsp3) is 0.900. The van der Waals surface area contributed by atoms with E-state index in [0.29, 0.717) is 12.3 Å². The van der Waals surface area contributed by atoms with E-state index in [-0.39, 0.29) is 0 Å². The Bertz CT molecular complexity index is 205. The highest BCUT2D eigenvalue weighted by molar-refractivity contribution is 5.80. The van der Waals surface area contributed by atoms with E-state index < -0.39 is 18.1 Å². The van der Waals surface area contributed by atoms with E-state index in [2.05, 4.69) is 0 Å². The molecule has 1 rings (SSSR count). The van der Waals surface area contributed by atoms with Crippen molar-refractivity contribution in [3.63, 3.8) is 0 Å². The van der Waals surface area contributed by atoms with Crippen molar-refractivity contribution in [3.8, 4) is 0 Å².